The smallest absolute Gasteiger partial charge is 0.240 e. The van der Waals surface area contributed by atoms with Gasteiger partial charge in [0.2, 0.25) is 15.9 Å². The fraction of sp³-hybridized carbons (Fsp3) is 0.435. The number of sulfonamides is 1. The molecule has 168 valence electrons. The van der Waals surface area contributed by atoms with Gasteiger partial charge >= 0.3 is 0 Å². The van der Waals surface area contributed by atoms with Crippen LogP contribution in [0.3, 0.4) is 0 Å². The van der Waals surface area contributed by atoms with Crippen LogP contribution in [0.25, 0.3) is 0 Å². The highest BCUT2D eigenvalue weighted by Gasteiger charge is 2.18. The lowest BCUT2D eigenvalue weighted by Gasteiger charge is -2.18. The Balaban J connectivity index is 1.30. The van der Waals surface area contributed by atoms with Crippen LogP contribution in [0.2, 0.25) is 0 Å². The average Bonchev–Trinajstić information content (AvgIpc) is 2.77. The highest BCUT2D eigenvalue weighted by Crippen LogP contribution is 2.32. The standard InChI is InChI=1S/C23H30N2O5S/c1-18-7-4-5-8-19(18)12-14-24-23(26)9-3-2-6-13-25-31(27,28)20-10-11-21-22(17-20)30-16-15-29-21/h4-5,7-8,10-11,17,25H,2-3,6,9,12-16H2,1H3,(H,24,26). The molecular weight excluding hydrogens is 416 g/mol. The molecule has 0 radical (unpaired) electrons. The summed E-state index contributed by atoms with van der Waals surface area (Å²) in [5.41, 5.74) is 2.48. The number of benzene rings is 2. The van der Waals surface area contributed by atoms with Crippen molar-refractivity contribution in [1.82, 2.24) is 10.0 Å². The van der Waals surface area contributed by atoms with Crippen LogP contribution in [-0.4, -0.2) is 40.6 Å². The van der Waals surface area contributed by atoms with E-state index in [0.717, 1.165) is 19.3 Å². The number of hydrogen-bond acceptors (Lipinski definition) is 5. The van der Waals surface area contributed by atoms with Gasteiger partial charge in [-0.05, 0) is 49.4 Å². The first-order valence-electron chi connectivity index (χ1n) is 10.7. The molecular formula is C23H30N2O5S. The second-order valence-electron chi connectivity index (χ2n) is 7.54. The molecule has 8 heteroatoms. The SMILES string of the molecule is Cc1ccccc1CCNC(=O)CCCCCNS(=O)(=O)c1ccc2c(c1)OCCO2. The summed E-state index contributed by atoms with van der Waals surface area (Å²) in [5, 5.41) is 2.95. The van der Waals surface area contributed by atoms with Crippen LogP contribution in [0.4, 0.5) is 0 Å². The van der Waals surface area contributed by atoms with Crippen LogP contribution in [0.5, 0.6) is 11.5 Å². The molecule has 2 aromatic carbocycles. The molecule has 1 amide bonds. The Morgan fingerprint density at radius 1 is 0.968 bits per heavy atom. The second kappa shape index (κ2) is 11.2. The maximum absolute atomic E-state index is 12.4. The second-order valence-corrected chi connectivity index (χ2v) is 9.31. The zero-order valence-corrected chi connectivity index (χ0v) is 18.7. The van der Waals surface area contributed by atoms with E-state index in [-0.39, 0.29) is 10.8 Å². The van der Waals surface area contributed by atoms with Gasteiger partial charge in [0.1, 0.15) is 13.2 Å². The summed E-state index contributed by atoms with van der Waals surface area (Å²) in [6.45, 7) is 3.88. The van der Waals surface area contributed by atoms with Crippen molar-refractivity contribution in [2.75, 3.05) is 26.3 Å². The van der Waals surface area contributed by atoms with Crippen molar-refractivity contribution in [2.45, 2.75) is 43.9 Å². The molecule has 0 bridgehead atoms. The van der Waals surface area contributed by atoms with E-state index >= 15 is 0 Å². The highest BCUT2D eigenvalue weighted by molar-refractivity contribution is 7.89. The minimum Gasteiger partial charge on any atom is -0.486 e. The predicted octanol–water partition coefficient (Wildman–Crippen LogP) is 2.96. The van der Waals surface area contributed by atoms with Gasteiger partial charge < -0.3 is 14.8 Å². The first-order chi connectivity index (χ1) is 15.0. The Kier molecular flexibility index (Phi) is 8.31. The largest absolute Gasteiger partial charge is 0.486 e. The van der Waals surface area contributed by atoms with Crippen molar-refractivity contribution in [1.29, 1.82) is 0 Å². The molecule has 1 heterocycles. The number of carbonyl (C=O) groups is 1. The molecule has 0 aliphatic carbocycles. The molecule has 7 nitrogen and oxygen atoms in total. The fourth-order valence-corrected chi connectivity index (χ4v) is 4.47. The number of hydrogen-bond donors (Lipinski definition) is 2. The first-order valence-corrected chi connectivity index (χ1v) is 12.1. The highest BCUT2D eigenvalue weighted by atomic mass is 32.2. The minimum absolute atomic E-state index is 0.0328. The predicted molar refractivity (Wildman–Crippen MR) is 119 cm³/mol. The Morgan fingerprint density at radius 2 is 1.74 bits per heavy atom. The molecule has 2 aromatic rings. The van der Waals surface area contributed by atoms with Crippen molar-refractivity contribution in [2.24, 2.45) is 0 Å². The summed E-state index contributed by atoms with van der Waals surface area (Å²) in [7, 11) is -3.60. The van der Waals surface area contributed by atoms with E-state index in [1.807, 2.05) is 12.1 Å². The zero-order valence-electron chi connectivity index (χ0n) is 17.9. The van der Waals surface area contributed by atoms with Gasteiger partial charge in [0.25, 0.3) is 0 Å². The summed E-state index contributed by atoms with van der Waals surface area (Å²) >= 11 is 0. The summed E-state index contributed by atoms with van der Waals surface area (Å²) in [5.74, 6) is 1.04. The number of aryl methyl sites for hydroxylation is 1. The first kappa shape index (κ1) is 23.1. The monoisotopic (exact) mass is 446 g/mol. The van der Waals surface area contributed by atoms with E-state index in [1.165, 1.54) is 23.3 Å². The number of nitrogens with one attached hydrogen (secondary N) is 2. The van der Waals surface area contributed by atoms with Gasteiger partial charge in [-0.25, -0.2) is 13.1 Å². The van der Waals surface area contributed by atoms with Crippen molar-refractivity contribution in [3.63, 3.8) is 0 Å². The van der Waals surface area contributed by atoms with Crippen LogP contribution >= 0.6 is 0 Å². The van der Waals surface area contributed by atoms with Gasteiger partial charge in [0.05, 0.1) is 4.90 Å². The number of carbonyl (C=O) groups excluding carboxylic acids is 1. The van der Waals surface area contributed by atoms with Crippen molar-refractivity contribution >= 4 is 15.9 Å². The molecule has 0 saturated carbocycles. The van der Waals surface area contributed by atoms with E-state index in [1.54, 1.807) is 6.07 Å². The van der Waals surface area contributed by atoms with E-state index in [9.17, 15) is 13.2 Å². The van der Waals surface area contributed by atoms with Crippen LogP contribution in [0.1, 0.15) is 36.8 Å². The molecule has 31 heavy (non-hydrogen) atoms. The maximum atomic E-state index is 12.4. The van der Waals surface area contributed by atoms with Crippen LogP contribution in [0.15, 0.2) is 47.4 Å². The van der Waals surface area contributed by atoms with Crippen LogP contribution < -0.4 is 19.5 Å². The van der Waals surface area contributed by atoms with Crippen molar-refractivity contribution in [3.05, 3.63) is 53.6 Å². The number of rotatable bonds is 11. The van der Waals surface area contributed by atoms with Gasteiger partial charge in [-0.3, -0.25) is 4.79 Å². The molecule has 1 aliphatic heterocycles. The Hall–Kier alpha value is -2.58. The molecule has 0 aromatic heterocycles. The van der Waals surface area contributed by atoms with E-state index < -0.39 is 10.0 Å². The van der Waals surface area contributed by atoms with E-state index in [2.05, 4.69) is 29.1 Å². The maximum Gasteiger partial charge on any atom is 0.240 e. The van der Waals surface area contributed by atoms with Crippen molar-refractivity contribution < 1.29 is 22.7 Å². The van der Waals surface area contributed by atoms with Gasteiger partial charge in [-0.1, -0.05) is 30.7 Å². The number of unbranched alkanes of at least 4 members (excludes halogenated alkanes) is 2. The number of ether oxygens (including phenoxy) is 2. The lowest BCUT2D eigenvalue weighted by atomic mass is 10.1. The normalized spacial score (nSPS) is 13.1. The van der Waals surface area contributed by atoms with Crippen LogP contribution in [0, 0.1) is 6.92 Å². The van der Waals surface area contributed by atoms with E-state index in [4.69, 9.17) is 9.47 Å². The van der Waals surface area contributed by atoms with Crippen LogP contribution in [-0.2, 0) is 21.2 Å². The average molecular weight is 447 g/mol. The zero-order chi connectivity index (χ0) is 22.1. The molecule has 0 spiro atoms. The molecule has 2 N–H and O–H groups in total. The lowest BCUT2D eigenvalue weighted by Crippen LogP contribution is -2.26. The third-order valence-corrected chi connectivity index (χ3v) is 6.63. The molecule has 0 atom stereocenters. The third kappa shape index (κ3) is 6.97. The summed E-state index contributed by atoms with van der Waals surface area (Å²) in [4.78, 5) is 12.1. The number of fused-ring (bicyclic) bond motifs is 1. The van der Waals surface area contributed by atoms with Gasteiger partial charge in [0.15, 0.2) is 11.5 Å². The quantitative estimate of drug-likeness (QED) is 0.518. The molecule has 0 unspecified atom stereocenters. The summed E-state index contributed by atoms with van der Waals surface area (Å²) in [6, 6.07) is 12.8. The van der Waals surface area contributed by atoms with Gasteiger partial charge in [0, 0.05) is 25.6 Å². The Labute approximate surface area is 184 Å². The lowest BCUT2D eigenvalue weighted by molar-refractivity contribution is -0.121. The third-order valence-electron chi connectivity index (χ3n) is 5.17. The Bertz CT molecular complexity index is 991. The topological polar surface area (TPSA) is 93.7 Å². The molecule has 1 aliphatic rings. The molecule has 0 fully saturated rings. The molecule has 0 saturated heterocycles. The number of amides is 1. The van der Waals surface area contributed by atoms with E-state index in [0.29, 0.717) is 50.6 Å². The van der Waals surface area contributed by atoms with Gasteiger partial charge in [-0.2, -0.15) is 0 Å². The fourth-order valence-electron chi connectivity index (χ4n) is 3.38. The minimum atomic E-state index is -3.60. The van der Waals surface area contributed by atoms with Gasteiger partial charge in [-0.15, -0.1) is 0 Å². The molecule has 3 rings (SSSR count). The summed E-state index contributed by atoms with van der Waals surface area (Å²) in [6.07, 6.45) is 3.43. The Morgan fingerprint density at radius 3 is 2.55 bits per heavy atom. The van der Waals surface area contributed by atoms with Crippen molar-refractivity contribution in [3.8, 4) is 11.5 Å². The summed E-state index contributed by atoms with van der Waals surface area (Å²) < 4.78 is 38.4.